The van der Waals surface area contributed by atoms with Gasteiger partial charge >= 0.3 is 7.12 Å². The molecule has 7 nitrogen and oxygen atoms in total. The lowest BCUT2D eigenvalue weighted by Crippen LogP contribution is -2.42. The summed E-state index contributed by atoms with van der Waals surface area (Å²) in [7, 11) is -2.48. The Kier molecular flexibility index (Phi) is 6.51. The molecule has 0 radical (unpaired) electrons. The number of carbonyl (C=O) groups is 1. The van der Waals surface area contributed by atoms with Crippen LogP contribution in [-0.4, -0.2) is 42.3 Å². The van der Waals surface area contributed by atoms with Crippen molar-refractivity contribution in [3.63, 3.8) is 0 Å². The standard InChI is InChI=1S/C20H38BN3O4Si/c1-14-17(21-27-19(6,7)20(8,9)28-21)16(23-24(14)13-22-15(2)25)12-26-29(10,11)18(3,4)5/h12-13H2,1-11H3,(H,22,25). The third-order valence-electron chi connectivity index (χ3n) is 6.67. The molecule has 0 aliphatic carbocycles. The molecule has 164 valence electrons. The SMILES string of the molecule is CC(=O)NCn1nc(CO[Si](C)(C)C(C)(C)C)c(B2OC(C)(C)C(C)(C)O2)c1C. The molecule has 1 N–H and O–H groups in total. The van der Waals surface area contributed by atoms with E-state index in [1.54, 1.807) is 4.68 Å². The van der Waals surface area contributed by atoms with E-state index in [1.165, 1.54) is 6.92 Å². The highest BCUT2D eigenvalue weighted by molar-refractivity contribution is 6.74. The summed E-state index contributed by atoms with van der Waals surface area (Å²) < 4.78 is 20.8. The molecule has 1 saturated heterocycles. The molecular weight excluding hydrogens is 385 g/mol. The summed E-state index contributed by atoms with van der Waals surface area (Å²) in [5, 5.41) is 7.66. The lowest BCUT2D eigenvalue weighted by atomic mass is 9.77. The van der Waals surface area contributed by atoms with E-state index in [4.69, 9.17) is 18.8 Å². The van der Waals surface area contributed by atoms with Gasteiger partial charge in [0.05, 0.1) is 23.5 Å². The molecule has 0 unspecified atom stereocenters. The summed E-state index contributed by atoms with van der Waals surface area (Å²) >= 11 is 0. The third kappa shape index (κ3) is 4.95. The minimum Gasteiger partial charge on any atom is -0.411 e. The average Bonchev–Trinajstić information content (AvgIpc) is 2.95. The first-order valence-electron chi connectivity index (χ1n) is 10.3. The van der Waals surface area contributed by atoms with Crippen LogP contribution in [0.4, 0.5) is 0 Å². The normalized spacial score (nSPS) is 18.9. The van der Waals surface area contributed by atoms with Gasteiger partial charge in [0.15, 0.2) is 8.32 Å². The van der Waals surface area contributed by atoms with E-state index in [2.05, 4.69) is 39.2 Å². The van der Waals surface area contributed by atoms with Crippen molar-refractivity contribution in [2.75, 3.05) is 0 Å². The van der Waals surface area contributed by atoms with Crippen molar-refractivity contribution >= 4 is 26.8 Å². The molecule has 0 atom stereocenters. The molecule has 1 aliphatic heterocycles. The molecule has 0 spiro atoms. The number of carbonyl (C=O) groups excluding carboxylic acids is 1. The number of hydrogen-bond donors (Lipinski definition) is 1. The molecule has 1 aromatic heterocycles. The van der Waals surface area contributed by atoms with Crippen molar-refractivity contribution in [1.82, 2.24) is 15.1 Å². The van der Waals surface area contributed by atoms with Gasteiger partial charge in [-0.2, -0.15) is 5.10 Å². The third-order valence-corrected chi connectivity index (χ3v) is 11.2. The molecule has 29 heavy (non-hydrogen) atoms. The first kappa shape index (κ1) is 24.1. The van der Waals surface area contributed by atoms with Crippen molar-refractivity contribution in [2.24, 2.45) is 0 Å². The number of nitrogens with one attached hydrogen (secondary N) is 1. The number of rotatable bonds is 6. The lowest BCUT2D eigenvalue weighted by Gasteiger charge is -2.36. The Morgan fingerprint density at radius 3 is 2.17 bits per heavy atom. The number of aromatic nitrogens is 2. The zero-order valence-corrected chi connectivity index (χ0v) is 21.0. The maximum absolute atomic E-state index is 11.4. The van der Waals surface area contributed by atoms with Gasteiger partial charge in [0.25, 0.3) is 0 Å². The highest BCUT2D eigenvalue weighted by Crippen LogP contribution is 2.38. The minimum atomic E-state index is -1.95. The van der Waals surface area contributed by atoms with Crippen molar-refractivity contribution in [2.45, 2.75) is 105 Å². The summed E-state index contributed by atoms with van der Waals surface area (Å²) in [6.07, 6.45) is 0. The zero-order valence-electron chi connectivity index (χ0n) is 20.0. The molecule has 0 bridgehead atoms. The number of hydrogen-bond acceptors (Lipinski definition) is 5. The minimum absolute atomic E-state index is 0.101. The predicted octanol–water partition coefficient (Wildman–Crippen LogP) is 3.11. The van der Waals surface area contributed by atoms with E-state index in [1.807, 2.05) is 34.6 Å². The topological polar surface area (TPSA) is 74.6 Å². The zero-order chi connectivity index (χ0) is 22.4. The van der Waals surface area contributed by atoms with Gasteiger partial charge in [-0.15, -0.1) is 0 Å². The van der Waals surface area contributed by atoms with Crippen LogP contribution in [0.15, 0.2) is 0 Å². The average molecular weight is 423 g/mol. The highest BCUT2D eigenvalue weighted by atomic mass is 28.4. The summed E-state index contributed by atoms with van der Waals surface area (Å²) in [6, 6.07) is 0. The second-order valence-electron chi connectivity index (χ2n) is 10.5. The largest absolute Gasteiger partial charge is 0.498 e. The van der Waals surface area contributed by atoms with Crippen molar-refractivity contribution < 1.29 is 18.5 Å². The lowest BCUT2D eigenvalue weighted by molar-refractivity contribution is -0.119. The van der Waals surface area contributed by atoms with Gasteiger partial charge in [0.2, 0.25) is 5.91 Å². The van der Waals surface area contributed by atoms with Gasteiger partial charge in [-0.05, 0) is 52.8 Å². The fraction of sp³-hybridized carbons (Fsp3) is 0.800. The Labute approximate surface area is 177 Å². The maximum Gasteiger partial charge on any atom is 0.498 e. The van der Waals surface area contributed by atoms with Gasteiger partial charge in [-0.1, -0.05) is 20.8 Å². The first-order valence-corrected chi connectivity index (χ1v) is 13.2. The molecular formula is C20H38BN3O4Si. The fourth-order valence-corrected chi connectivity index (χ4v) is 3.73. The van der Waals surface area contributed by atoms with Crippen molar-refractivity contribution in [1.29, 1.82) is 0 Å². The van der Waals surface area contributed by atoms with Gasteiger partial charge in [0, 0.05) is 18.1 Å². The molecule has 0 aromatic carbocycles. The summed E-state index contributed by atoms with van der Waals surface area (Å²) in [6.45, 7) is 23.4. The smallest absolute Gasteiger partial charge is 0.411 e. The second kappa shape index (κ2) is 7.83. The van der Waals surface area contributed by atoms with Crippen LogP contribution in [0.5, 0.6) is 0 Å². The Hall–Kier alpha value is -1.16. The van der Waals surface area contributed by atoms with Crippen LogP contribution in [0.3, 0.4) is 0 Å². The van der Waals surface area contributed by atoms with Gasteiger partial charge < -0.3 is 19.1 Å². The Balaban J connectivity index is 2.39. The van der Waals surface area contributed by atoms with E-state index in [0.29, 0.717) is 13.3 Å². The molecule has 1 amide bonds. The van der Waals surface area contributed by atoms with Crippen LogP contribution >= 0.6 is 0 Å². The van der Waals surface area contributed by atoms with Crippen molar-refractivity contribution in [3.8, 4) is 0 Å². The van der Waals surface area contributed by atoms with Crippen LogP contribution in [0.1, 0.15) is 66.8 Å². The quantitative estimate of drug-likeness (QED) is 0.712. The summed E-state index contributed by atoms with van der Waals surface area (Å²) in [5.41, 5.74) is 1.72. The Morgan fingerprint density at radius 2 is 1.72 bits per heavy atom. The number of nitrogens with zero attached hydrogens (tertiary/aromatic N) is 2. The van der Waals surface area contributed by atoms with Crippen LogP contribution in [0, 0.1) is 6.92 Å². The second-order valence-corrected chi connectivity index (χ2v) is 15.3. The fourth-order valence-electron chi connectivity index (χ4n) is 2.80. The van der Waals surface area contributed by atoms with Gasteiger partial charge in [-0.25, -0.2) is 0 Å². The van der Waals surface area contributed by atoms with E-state index < -0.39 is 26.6 Å². The Bertz CT molecular complexity index is 753. The highest BCUT2D eigenvalue weighted by Gasteiger charge is 2.53. The van der Waals surface area contributed by atoms with Crippen LogP contribution < -0.4 is 10.8 Å². The molecule has 1 fully saturated rings. The van der Waals surface area contributed by atoms with E-state index >= 15 is 0 Å². The molecule has 1 aromatic rings. The van der Waals surface area contributed by atoms with Gasteiger partial charge in [-0.3, -0.25) is 9.48 Å². The maximum atomic E-state index is 11.4. The Morgan fingerprint density at radius 1 is 1.21 bits per heavy atom. The molecule has 9 heteroatoms. The summed E-state index contributed by atoms with van der Waals surface area (Å²) in [4.78, 5) is 11.4. The van der Waals surface area contributed by atoms with E-state index in [-0.39, 0.29) is 10.9 Å². The predicted molar refractivity (Wildman–Crippen MR) is 118 cm³/mol. The van der Waals surface area contributed by atoms with E-state index in [9.17, 15) is 4.79 Å². The molecule has 2 rings (SSSR count). The van der Waals surface area contributed by atoms with Crippen LogP contribution in [0.25, 0.3) is 0 Å². The first-order chi connectivity index (χ1) is 13.0. The summed E-state index contributed by atoms with van der Waals surface area (Å²) in [5.74, 6) is -0.101. The number of amides is 1. The van der Waals surface area contributed by atoms with Crippen LogP contribution in [-0.2, 0) is 31.8 Å². The van der Waals surface area contributed by atoms with Gasteiger partial charge in [0.1, 0.15) is 6.67 Å². The molecule has 2 heterocycles. The van der Waals surface area contributed by atoms with Crippen LogP contribution in [0.2, 0.25) is 18.1 Å². The molecule has 0 saturated carbocycles. The monoisotopic (exact) mass is 423 g/mol. The van der Waals surface area contributed by atoms with Crippen molar-refractivity contribution in [3.05, 3.63) is 11.4 Å². The molecule has 1 aliphatic rings. The van der Waals surface area contributed by atoms with E-state index in [0.717, 1.165) is 16.9 Å².